The van der Waals surface area contributed by atoms with Crippen LogP contribution in [-0.2, 0) is 13.1 Å². The molecule has 1 aromatic rings. The molecule has 0 aromatic heterocycles. The van der Waals surface area contributed by atoms with E-state index in [1.807, 2.05) is 0 Å². The van der Waals surface area contributed by atoms with Crippen molar-refractivity contribution in [3.05, 3.63) is 34.9 Å². The van der Waals surface area contributed by atoms with Gasteiger partial charge in [-0.15, -0.1) is 0 Å². The number of aliphatic hydroxyl groups is 1. The number of β-amino-alcohol motifs (C(OH)–C–C–N with tert-alkyl or cyclic N) is 1. The van der Waals surface area contributed by atoms with Gasteiger partial charge in [0, 0.05) is 32.2 Å². The van der Waals surface area contributed by atoms with Gasteiger partial charge in [-0.3, -0.25) is 4.90 Å². The SMILES string of the molecule is Cc1cc(CN)ccc1CN1CC(O)CC1CN(C)C. The number of nitrogens with two attached hydrogens (primary N) is 1. The molecule has 20 heavy (non-hydrogen) atoms. The Bertz CT molecular complexity index is 447. The lowest BCUT2D eigenvalue weighted by Crippen LogP contribution is -2.37. The first-order chi connectivity index (χ1) is 9.49. The maximum atomic E-state index is 9.94. The van der Waals surface area contributed by atoms with Crippen molar-refractivity contribution in [2.75, 3.05) is 27.2 Å². The van der Waals surface area contributed by atoms with Crippen molar-refractivity contribution in [1.29, 1.82) is 0 Å². The fraction of sp³-hybridized carbons (Fsp3) is 0.625. The van der Waals surface area contributed by atoms with Crippen molar-refractivity contribution < 1.29 is 5.11 Å². The third-order valence-corrected chi connectivity index (χ3v) is 4.10. The number of likely N-dealkylation sites (tertiary alicyclic amines) is 1. The van der Waals surface area contributed by atoms with E-state index >= 15 is 0 Å². The molecule has 3 N–H and O–H groups in total. The quantitative estimate of drug-likeness (QED) is 0.841. The van der Waals surface area contributed by atoms with E-state index in [1.54, 1.807) is 0 Å². The van der Waals surface area contributed by atoms with Gasteiger partial charge in [-0.2, -0.15) is 0 Å². The van der Waals surface area contributed by atoms with E-state index in [0.717, 1.165) is 26.1 Å². The summed E-state index contributed by atoms with van der Waals surface area (Å²) in [6, 6.07) is 6.89. The number of likely N-dealkylation sites (N-methyl/N-ethyl adjacent to an activating group) is 1. The first-order valence-corrected chi connectivity index (χ1v) is 7.35. The van der Waals surface area contributed by atoms with Gasteiger partial charge in [0.25, 0.3) is 0 Å². The second-order valence-electron chi connectivity index (χ2n) is 6.20. The summed E-state index contributed by atoms with van der Waals surface area (Å²) in [6.07, 6.45) is 0.682. The molecule has 0 aliphatic carbocycles. The van der Waals surface area contributed by atoms with E-state index in [-0.39, 0.29) is 6.10 Å². The number of hydrogen-bond acceptors (Lipinski definition) is 4. The zero-order valence-electron chi connectivity index (χ0n) is 12.8. The number of aliphatic hydroxyl groups excluding tert-OH is 1. The highest BCUT2D eigenvalue weighted by Gasteiger charge is 2.31. The van der Waals surface area contributed by atoms with Crippen molar-refractivity contribution in [2.24, 2.45) is 5.73 Å². The Hall–Kier alpha value is -0.940. The van der Waals surface area contributed by atoms with Crippen molar-refractivity contribution in [3.8, 4) is 0 Å². The summed E-state index contributed by atoms with van der Waals surface area (Å²) in [4.78, 5) is 4.59. The Kier molecular flexibility index (Phi) is 5.16. The van der Waals surface area contributed by atoms with Gasteiger partial charge < -0.3 is 15.7 Å². The largest absolute Gasteiger partial charge is 0.392 e. The van der Waals surface area contributed by atoms with E-state index in [9.17, 15) is 5.11 Å². The molecule has 1 saturated heterocycles. The van der Waals surface area contributed by atoms with Crippen LogP contribution in [0.2, 0.25) is 0 Å². The first kappa shape index (κ1) is 15.4. The number of rotatable bonds is 5. The molecule has 2 atom stereocenters. The molecule has 2 rings (SSSR count). The van der Waals surface area contributed by atoms with Gasteiger partial charge in [-0.1, -0.05) is 18.2 Å². The minimum Gasteiger partial charge on any atom is -0.392 e. The fourth-order valence-electron chi connectivity index (χ4n) is 3.04. The highest BCUT2D eigenvalue weighted by molar-refractivity contribution is 5.31. The van der Waals surface area contributed by atoms with Gasteiger partial charge in [-0.25, -0.2) is 0 Å². The molecule has 112 valence electrons. The molecule has 1 aliphatic heterocycles. The van der Waals surface area contributed by atoms with E-state index in [4.69, 9.17) is 5.73 Å². The van der Waals surface area contributed by atoms with Crippen LogP contribution in [-0.4, -0.2) is 54.2 Å². The average Bonchev–Trinajstić information content (AvgIpc) is 2.71. The molecule has 0 bridgehead atoms. The van der Waals surface area contributed by atoms with Gasteiger partial charge >= 0.3 is 0 Å². The molecule has 4 nitrogen and oxygen atoms in total. The molecule has 1 heterocycles. The zero-order chi connectivity index (χ0) is 14.7. The lowest BCUT2D eigenvalue weighted by atomic mass is 10.0. The number of benzene rings is 1. The molecular formula is C16H27N3O. The van der Waals surface area contributed by atoms with Gasteiger partial charge in [0.1, 0.15) is 0 Å². The zero-order valence-corrected chi connectivity index (χ0v) is 12.8. The second kappa shape index (κ2) is 6.68. The van der Waals surface area contributed by atoms with Crippen LogP contribution >= 0.6 is 0 Å². The van der Waals surface area contributed by atoms with Gasteiger partial charge in [0.15, 0.2) is 0 Å². The summed E-state index contributed by atoms with van der Waals surface area (Å²) < 4.78 is 0. The molecule has 1 aliphatic rings. The molecule has 0 radical (unpaired) electrons. The van der Waals surface area contributed by atoms with Crippen molar-refractivity contribution in [3.63, 3.8) is 0 Å². The van der Waals surface area contributed by atoms with Crippen LogP contribution < -0.4 is 5.73 Å². The van der Waals surface area contributed by atoms with Crippen LogP contribution in [0.15, 0.2) is 18.2 Å². The molecule has 0 saturated carbocycles. The minimum absolute atomic E-state index is 0.191. The predicted molar refractivity (Wildman–Crippen MR) is 82.4 cm³/mol. The van der Waals surface area contributed by atoms with E-state index in [1.165, 1.54) is 16.7 Å². The summed E-state index contributed by atoms with van der Waals surface area (Å²) in [6.45, 7) is 5.41. The monoisotopic (exact) mass is 277 g/mol. The highest BCUT2D eigenvalue weighted by Crippen LogP contribution is 2.22. The molecular weight excluding hydrogens is 250 g/mol. The smallest absolute Gasteiger partial charge is 0.0682 e. The van der Waals surface area contributed by atoms with E-state index in [2.05, 4.69) is 49.0 Å². The molecule has 4 heteroatoms. The van der Waals surface area contributed by atoms with Crippen LogP contribution in [0.1, 0.15) is 23.1 Å². The van der Waals surface area contributed by atoms with Gasteiger partial charge in [-0.05, 0) is 44.1 Å². The van der Waals surface area contributed by atoms with Crippen LogP contribution in [0, 0.1) is 6.92 Å². The van der Waals surface area contributed by atoms with Crippen LogP contribution in [0.25, 0.3) is 0 Å². The van der Waals surface area contributed by atoms with E-state index in [0.29, 0.717) is 12.6 Å². The highest BCUT2D eigenvalue weighted by atomic mass is 16.3. The minimum atomic E-state index is -0.191. The fourth-order valence-corrected chi connectivity index (χ4v) is 3.04. The molecule has 1 fully saturated rings. The molecule has 1 aromatic carbocycles. The molecule has 0 spiro atoms. The standard InChI is InChI=1S/C16H27N3O/c1-12-6-13(8-17)4-5-14(12)9-19-11-16(20)7-15(19)10-18(2)3/h4-6,15-16,20H,7-11,17H2,1-3H3. The number of hydrogen-bond donors (Lipinski definition) is 2. The summed E-state index contributed by atoms with van der Waals surface area (Å²) in [5.41, 5.74) is 9.48. The van der Waals surface area contributed by atoms with Crippen LogP contribution in [0.4, 0.5) is 0 Å². The predicted octanol–water partition coefficient (Wildman–Crippen LogP) is 0.951. The van der Waals surface area contributed by atoms with Gasteiger partial charge in [0.05, 0.1) is 6.10 Å². The Morgan fingerprint density at radius 1 is 1.40 bits per heavy atom. The topological polar surface area (TPSA) is 52.7 Å². The average molecular weight is 277 g/mol. The van der Waals surface area contributed by atoms with Crippen molar-refractivity contribution in [2.45, 2.75) is 38.6 Å². The number of aryl methyl sites for hydroxylation is 1. The third-order valence-electron chi connectivity index (χ3n) is 4.10. The Balaban J connectivity index is 2.07. The molecule has 0 amide bonds. The van der Waals surface area contributed by atoms with Crippen molar-refractivity contribution in [1.82, 2.24) is 9.80 Å². The Morgan fingerprint density at radius 2 is 2.15 bits per heavy atom. The number of nitrogens with zero attached hydrogens (tertiary/aromatic N) is 2. The van der Waals surface area contributed by atoms with Gasteiger partial charge in [0.2, 0.25) is 0 Å². The van der Waals surface area contributed by atoms with Crippen LogP contribution in [0.5, 0.6) is 0 Å². The molecule has 2 unspecified atom stereocenters. The summed E-state index contributed by atoms with van der Waals surface area (Å²) >= 11 is 0. The second-order valence-corrected chi connectivity index (χ2v) is 6.20. The Morgan fingerprint density at radius 3 is 2.75 bits per heavy atom. The third kappa shape index (κ3) is 3.79. The Labute approximate surface area is 122 Å². The summed E-state index contributed by atoms with van der Waals surface area (Å²) in [7, 11) is 4.17. The normalized spacial score (nSPS) is 23.7. The summed E-state index contributed by atoms with van der Waals surface area (Å²) in [5.74, 6) is 0. The maximum Gasteiger partial charge on any atom is 0.0682 e. The van der Waals surface area contributed by atoms with Crippen molar-refractivity contribution >= 4 is 0 Å². The van der Waals surface area contributed by atoms with E-state index < -0.39 is 0 Å². The summed E-state index contributed by atoms with van der Waals surface area (Å²) in [5, 5.41) is 9.94. The first-order valence-electron chi connectivity index (χ1n) is 7.35. The lowest BCUT2D eigenvalue weighted by Gasteiger charge is -2.27. The van der Waals surface area contributed by atoms with Crippen LogP contribution in [0.3, 0.4) is 0 Å². The maximum absolute atomic E-state index is 9.94. The lowest BCUT2D eigenvalue weighted by molar-refractivity contribution is 0.169.